The number of halogens is 1. The number of hydrogen-bond donors (Lipinski definition) is 0. The first-order valence-electron chi connectivity index (χ1n) is 7.14. The highest BCUT2D eigenvalue weighted by Gasteiger charge is 2.11. The molecular weight excluding hydrogens is 290 g/mol. The summed E-state index contributed by atoms with van der Waals surface area (Å²) >= 11 is 7.81. The van der Waals surface area contributed by atoms with Gasteiger partial charge in [0, 0.05) is 24.5 Å². The van der Waals surface area contributed by atoms with Crippen LogP contribution >= 0.6 is 23.4 Å². The summed E-state index contributed by atoms with van der Waals surface area (Å²) < 4.78 is 2.25. The van der Waals surface area contributed by atoms with Gasteiger partial charge in [0.1, 0.15) is 11.3 Å². The van der Waals surface area contributed by atoms with E-state index in [0.717, 1.165) is 35.6 Å². The van der Waals surface area contributed by atoms with Crippen LogP contribution in [0.2, 0.25) is 0 Å². The molecule has 0 saturated heterocycles. The van der Waals surface area contributed by atoms with Gasteiger partial charge < -0.3 is 4.57 Å². The average Bonchev–Trinajstić information content (AvgIpc) is 2.76. The van der Waals surface area contributed by atoms with E-state index in [1.54, 1.807) is 0 Å². The number of imidazole rings is 1. The van der Waals surface area contributed by atoms with Crippen LogP contribution < -0.4 is 0 Å². The van der Waals surface area contributed by atoms with Crippen molar-refractivity contribution in [2.45, 2.75) is 39.2 Å². The maximum atomic E-state index is 5.89. The summed E-state index contributed by atoms with van der Waals surface area (Å²) in [7, 11) is 0. The number of pyridine rings is 1. The third kappa shape index (κ3) is 3.89. The van der Waals surface area contributed by atoms with Gasteiger partial charge in [0.2, 0.25) is 0 Å². The molecular formula is C15H22ClN3S. The Morgan fingerprint density at radius 3 is 2.80 bits per heavy atom. The summed E-state index contributed by atoms with van der Waals surface area (Å²) in [6, 6.07) is 4.07. The Bertz CT molecular complexity index is 553. The lowest BCUT2D eigenvalue weighted by Gasteiger charge is -2.08. The van der Waals surface area contributed by atoms with Gasteiger partial charge in [-0.1, -0.05) is 6.42 Å². The van der Waals surface area contributed by atoms with Gasteiger partial charge in [0.05, 0.1) is 0 Å². The number of alkyl halides is 1. The van der Waals surface area contributed by atoms with Gasteiger partial charge in [-0.25, -0.2) is 9.97 Å². The Hall–Kier alpha value is -0.740. The number of rotatable bonds is 8. The van der Waals surface area contributed by atoms with E-state index in [2.05, 4.69) is 26.9 Å². The second-order valence-electron chi connectivity index (χ2n) is 4.97. The molecule has 2 aromatic heterocycles. The first kappa shape index (κ1) is 15.6. The average molecular weight is 312 g/mol. The molecule has 0 bridgehead atoms. The summed E-state index contributed by atoms with van der Waals surface area (Å²) in [4.78, 5) is 9.32. The second-order valence-corrected chi connectivity index (χ2v) is 6.33. The maximum Gasteiger partial charge on any atom is 0.160 e. The fourth-order valence-corrected chi connectivity index (χ4v) is 3.01. The molecule has 0 spiro atoms. The van der Waals surface area contributed by atoms with E-state index < -0.39 is 0 Å². The molecule has 110 valence electrons. The van der Waals surface area contributed by atoms with Crippen molar-refractivity contribution in [3.63, 3.8) is 0 Å². The van der Waals surface area contributed by atoms with Crippen LogP contribution in [0, 0.1) is 6.92 Å². The predicted octanol–water partition coefficient (Wildman–Crippen LogP) is 4.05. The molecule has 0 aromatic carbocycles. The fraction of sp³-hybridized carbons (Fsp3) is 0.600. The fourth-order valence-electron chi connectivity index (χ4n) is 2.35. The standard InChI is InChI=1S/C15H22ClN3S/c1-12-6-7-13-15(17-12)19(14(18-13)8-9-16)10-4-3-5-11-20-2/h6-7H,3-5,8-11H2,1-2H3. The molecule has 0 aliphatic heterocycles. The van der Waals surface area contributed by atoms with E-state index >= 15 is 0 Å². The molecule has 0 aliphatic carbocycles. The van der Waals surface area contributed by atoms with E-state index in [-0.39, 0.29) is 0 Å². The zero-order valence-corrected chi connectivity index (χ0v) is 13.8. The smallest absolute Gasteiger partial charge is 0.160 e. The van der Waals surface area contributed by atoms with Crippen LogP contribution in [-0.4, -0.2) is 32.4 Å². The van der Waals surface area contributed by atoms with Gasteiger partial charge >= 0.3 is 0 Å². The minimum Gasteiger partial charge on any atom is -0.313 e. The number of nitrogens with zero attached hydrogens (tertiary/aromatic N) is 3. The molecule has 3 nitrogen and oxygen atoms in total. The lowest BCUT2D eigenvalue weighted by Crippen LogP contribution is -2.06. The van der Waals surface area contributed by atoms with Gasteiger partial charge in [-0.3, -0.25) is 0 Å². The van der Waals surface area contributed by atoms with Crippen LogP contribution in [0.5, 0.6) is 0 Å². The summed E-state index contributed by atoms with van der Waals surface area (Å²) in [5.74, 6) is 2.92. The molecule has 2 rings (SSSR count). The van der Waals surface area contributed by atoms with Crippen LogP contribution in [0.3, 0.4) is 0 Å². The van der Waals surface area contributed by atoms with Crippen molar-refractivity contribution in [1.82, 2.24) is 14.5 Å². The van der Waals surface area contributed by atoms with E-state index in [1.807, 2.05) is 24.8 Å². The van der Waals surface area contributed by atoms with Crippen molar-refractivity contribution in [2.75, 3.05) is 17.9 Å². The first-order chi connectivity index (χ1) is 9.76. The minimum absolute atomic E-state index is 0.606. The van der Waals surface area contributed by atoms with E-state index in [9.17, 15) is 0 Å². The van der Waals surface area contributed by atoms with Gasteiger partial charge in [-0.05, 0) is 43.9 Å². The quantitative estimate of drug-likeness (QED) is 0.544. The molecule has 2 heterocycles. The molecule has 0 atom stereocenters. The Morgan fingerprint density at radius 1 is 1.20 bits per heavy atom. The summed E-state index contributed by atoms with van der Waals surface area (Å²) in [5.41, 5.74) is 3.04. The van der Waals surface area contributed by atoms with Crippen LogP contribution in [0.15, 0.2) is 12.1 Å². The van der Waals surface area contributed by atoms with Crippen LogP contribution in [0.25, 0.3) is 11.2 Å². The van der Waals surface area contributed by atoms with Crippen molar-refractivity contribution in [3.8, 4) is 0 Å². The number of aryl methyl sites for hydroxylation is 3. The number of aromatic nitrogens is 3. The molecule has 2 aromatic rings. The lowest BCUT2D eigenvalue weighted by atomic mass is 10.2. The number of fused-ring (bicyclic) bond motifs is 1. The third-order valence-electron chi connectivity index (χ3n) is 3.36. The zero-order chi connectivity index (χ0) is 14.4. The molecule has 0 radical (unpaired) electrons. The topological polar surface area (TPSA) is 30.7 Å². The summed E-state index contributed by atoms with van der Waals surface area (Å²) in [5, 5.41) is 0. The largest absolute Gasteiger partial charge is 0.313 e. The Balaban J connectivity index is 2.15. The van der Waals surface area contributed by atoms with E-state index in [1.165, 1.54) is 25.0 Å². The second kappa shape index (κ2) is 7.89. The van der Waals surface area contributed by atoms with Gasteiger partial charge in [0.15, 0.2) is 5.65 Å². The highest BCUT2D eigenvalue weighted by molar-refractivity contribution is 7.98. The molecule has 0 unspecified atom stereocenters. The SMILES string of the molecule is CSCCCCCn1c(CCCl)nc2ccc(C)nc21. The van der Waals surface area contributed by atoms with E-state index in [0.29, 0.717) is 5.88 Å². The Morgan fingerprint density at radius 2 is 2.05 bits per heavy atom. The van der Waals surface area contributed by atoms with Crippen LogP contribution in [-0.2, 0) is 13.0 Å². The summed E-state index contributed by atoms with van der Waals surface area (Å²) in [6.07, 6.45) is 6.69. The highest BCUT2D eigenvalue weighted by Crippen LogP contribution is 2.17. The van der Waals surface area contributed by atoms with Crippen molar-refractivity contribution in [3.05, 3.63) is 23.7 Å². The van der Waals surface area contributed by atoms with E-state index in [4.69, 9.17) is 11.6 Å². The Labute approximate surface area is 130 Å². The van der Waals surface area contributed by atoms with Crippen molar-refractivity contribution < 1.29 is 0 Å². The van der Waals surface area contributed by atoms with Crippen molar-refractivity contribution in [2.24, 2.45) is 0 Å². The van der Waals surface area contributed by atoms with Crippen molar-refractivity contribution >= 4 is 34.5 Å². The first-order valence-corrected chi connectivity index (χ1v) is 9.06. The molecule has 5 heteroatoms. The molecule has 0 aliphatic rings. The molecule has 20 heavy (non-hydrogen) atoms. The normalized spacial score (nSPS) is 11.3. The maximum absolute atomic E-state index is 5.89. The zero-order valence-electron chi connectivity index (χ0n) is 12.2. The highest BCUT2D eigenvalue weighted by atomic mass is 35.5. The molecule has 0 saturated carbocycles. The minimum atomic E-state index is 0.606. The number of thioether (sulfide) groups is 1. The van der Waals surface area contributed by atoms with Gasteiger partial charge in [-0.2, -0.15) is 11.8 Å². The molecule has 0 amide bonds. The van der Waals surface area contributed by atoms with Gasteiger partial charge in [-0.15, -0.1) is 11.6 Å². The van der Waals surface area contributed by atoms with Crippen LogP contribution in [0.4, 0.5) is 0 Å². The number of hydrogen-bond acceptors (Lipinski definition) is 3. The molecule has 0 fully saturated rings. The third-order valence-corrected chi connectivity index (χ3v) is 4.24. The van der Waals surface area contributed by atoms with Crippen molar-refractivity contribution in [1.29, 1.82) is 0 Å². The lowest BCUT2D eigenvalue weighted by molar-refractivity contribution is 0.593. The van der Waals surface area contributed by atoms with Gasteiger partial charge in [0.25, 0.3) is 0 Å². The monoisotopic (exact) mass is 311 g/mol. The Kier molecular flexibility index (Phi) is 6.17. The predicted molar refractivity (Wildman–Crippen MR) is 88.9 cm³/mol. The van der Waals surface area contributed by atoms with Crippen LogP contribution in [0.1, 0.15) is 30.8 Å². The summed E-state index contributed by atoms with van der Waals surface area (Å²) in [6.45, 7) is 3.02. The molecule has 0 N–H and O–H groups in total. The number of unbranched alkanes of at least 4 members (excludes halogenated alkanes) is 2.